The molecule has 0 spiro atoms. The van der Waals surface area contributed by atoms with Crippen LogP contribution < -0.4 is 5.73 Å². The Morgan fingerprint density at radius 2 is 1.46 bits per heavy atom. The molecule has 4 rings (SSSR count). The lowest BCUT2D eigenvalue weighted by Crippen LogP contribution is -2.56. The van der Waals surface area contributed by atoms with Gasteiger partial charge >= 0.3 is 0 Å². The predicted octanol–water partition coefficient (Wildman–Crippen LogP) is 4.21. The van der Waals surface area contributed by atoms with Crippen LogP contribution in [-0.4, -0.2) is 17.0 Å². The van der Waals surface area contributed by atoms with Crippen molar-refractivity contribution in [3.63, 3.8) is 0 Å². The van der Waals surface area contributed by atoms with E-state index < -0.39 is 0 Å². The highest BCUT2D eigenvalue weighted by Crippen LogP contribution is 2.53. The summed E-state index contributed by atoms with van der Waals surface area (Å²) in [4.78, 5) is 2.70. The van der Waals surface area contributed by atoms with Crippen LogP contribution in [0, 0.1) is 11.8 Å². The summed E-state index contributed by atoms with van der Waals surface area (Å²) in [5.41, 5.74) is 9.40. The molecule has 2 saturated carbocycles. The molecule has 2 fully saturated rings. The van der Waals surface area contributed by atoms with Crippen molar-refractivity contribution in [1.29, 1.82) is 0 Å². The van der Waals surface area contributed by atoms with E-state index in [1.807, 2.05) is 0 Å². The minimum atomic E-state index is 0.189. The molecular formula is C22H28N2. The monoisotopic (exact) mass is 320 g/mol. The highest BCUT2D eigenvalue weighted by molar-refractivity contribution is 5.20. The molecule has 2 bridgehead atoms. The molecule has 3 atom stereocenters. The van der Waals surface area contributed by atoms with E-state index >= 15 is 0 Å². The maximum absolute atomic E-state index is 6.42. The lowest BCUT2D eigenvalue weighted by Gasteiger charge is -2.47. The summed E-state index contributed by atoms with van der Waals surface area (Å²) in [6.07, 6.45) is 5.45. The van der Waals surface area contributed by atoms with Crippen LogP contribution in [-0.2, 0) is 13.1 Å². The van der Waals surface area contributed by atoms with E-state index in [0.29, 0.717) is 0 Å². The molecule has 126 valence electrons. The van der Waals surface area contributed by atoms with Gasteiger partial charge in [0.1, 0.15) is 0 Å². The first-order valence-electron chi connectivity index (χ1n) is 9.33. The fourth-order valence-corrected chi connectivity index (χ4v) is 5.16. The molecule has 24 heavy (non-hydrogen) atoms. The third-order valence-corrected chi connectivity index (χ3v) is 6.36. The Morgan fingerprint density at radius 1 is 0.875 bits per heavy atom. The zero-order chi connectivity index (χ0) is 16.4. The minimum Gasteiger partial charge on any atom is -0.329 e. The summed E-state index contributed by atoms with van der Waals surface area (Å²) in [5, 5.41) is 0. The molecule has 0 aromatic heterocycles. The van der Waals surface area contributed by atoms with Gasteiger partial charge in [-0.15, -0.1) is 0 Å². The van der Waals surface area contributed by atoms with Crippen LogP contribution in [0.4, 0.5) is 0 Å². The van der Waals surface area contributed by atoms with E-state index in [4.69, 9.17) is 5.73 Å². The normalized spacial score (nSPS) is 28.6. The minimum absolute atomic E-state index is 0.189. The highest BCUT2D eigenvalue weighted by Gasteiger charge is 2.53. The Morgan fingerprint density at radius 3 is 1.88 bits per heavy atom. The SMILES string of the molecule is NCC1(N(Cc2ccccc2)Cc2ccccc2)CC2CCC1C2. The molecule has 0 aliphatic heterocycles. The van der Waals surface area contributed by atoms with Gasteiger partial charge in [-0.25, -0.2) is 0 Å². The highest BCUT2D eigenvalue weighted by atomic mass is 15.2. The number of hydrogen-bond acceptors (Lipinski definition) is 2. The van der Waals surface area contributed by atoms with Crippen LogP contribution in [0.1, 0.15) is 36.8 Å². The van der Waals surface area contributed by atoms with E-state index in [-0.39, 0.29) is 5.54 Å². The standard InChI is InChI=1S/C22H28N2/c23-17-22(14-20-11-12-21(22)13-20)24(15-18-7-3-1-4-8-18)16-19-9-5-2-6-10-19/h1-10,20-21H,11-17,23H2. The zero-order valence-corrected chi connectivity index (χ0v) is 14.4. The fourth-order valence-electron chi connectivity index (χ4n) is 5.16. The van der Waals surface area contributed by atoms with E-state index in [1.54, 1.807) is 0 Å². The topological polar surface area (TPSA) is 29.3 Å². The van der Waals surface area contributed by atoms with Crippen LogP contribution in [0.15, 0.2) is 60.7 Å². The van der Waals surface area contributed by atoms with Crippen LogP contribution in [0.3, 0.4) is 0 Å². The molecular weight excluding hydrogens is 292 g/mol. The van der Waals surface area contributed by atoms with Gasteiger partial charge in [0.2, 0.25) is 0 Å². The molecule has 2 nitrogen and oxygen atoms in total. The van der Waals surface area contributed by atoms with Gasteiger partial charge in [-0.05, 0) is 42.2 Å². The smallest absolute Gasteiger partial charge is 0.0369 e. The van der Waals surface area contributed by atoms with E-state index in [2.05, 4.69) is 65.6 Å². The molecule has 2 heteroatoms. The number of nitrogens with zero attached hydrogens (tertiary/aromatic N) is 1. The molecule has 0 saturated heterocycles. The Hall–Kier alpha value is -1.64. The van der Waals surface area contributed by atoms with Crippen molar-refractivity contribution in [2.24, 2.45) is 17.6 Å². The molecule has 0 amide bonds. The summed E-state index contributed by atoms with van der Waals surface area (Å²) in [6, 6.07) is 21.8. The molecule has 3 unspecified atom stereocenters. The summed E-state index contributed by atoms with van der Waals surface area (Å²) >= 11 is 0. The lowest BCUT2D eigenvalue weighted by atomic mass is 9.79. The van der Waals surface area contributed by atoms with Gasteiger partial charge in [0, 0.05) is 25.2 Å². The van der Waals surface area contributed by atoms with E-state index in [0.717, 1.165) is 31.5 Å². The molecule has 0 heterocycles. The number of benzene rings is 2. The van der Waals surface area contributed by atoms with Crippen LogP contribution in [0.2, 0.25) is 0 Å². The second kappa shape index (κ2) is 6.70. The van der Waals surface area contributed by atoms with Crippen molar-refractivity contribution in [3.05, 3.63) is 71.8 Å². The second-order valence-electron chi connectivity index (χ2n) is 7.72. The van der Waals surface area contributed by atoms with Gasteiger partial charge in [-0.1, -0.05) is 67.1 Å². The Labute approximate surface area is 145 Å². The van der Waals surface area contributed by atoms with Crippen molar-refractivity contribution >= 4 is 0 Å². The van der Waals surface area contributed by atoms with Gasteiger partial charge in [0.05, 0.1) is 0 Å². The molecule has 0 radical (unpaired) electrons. The lowest BCUT2D eigenvalue weighted by molar-refractivity contribution is 0.0270. The summed E-state index contributed by atoms with van der Waals surface area (Å²) in [6.45, 7) is 2.78. The number of nitrogens with two attached hydrogens (primary N) is 1. The van der Waals surface area contributed by atoms with E-state index in [1.165, 1.54) is 36.8 Å². The van der Waals surface area contributed by atoms with E-state index in [9.17, 15) is 0 Å². The number of fused-ring (bicyclic) bond motifs is 2. The van der Waals surface area contributed by atoms with Crippen molar-refractivity contribution in [2.75, 3.05) is 6.54 Å². The summed E-state index contributed by atoms with van der Waals surface area (Å²) in [5.74, 6) is 1.67. The molecule has 2 aliphatic rings. The number of hydrogen-bond donors (Lipinski definition) is 1. The molecule has 2 aliphatic carbocycles. The first kappa shape index (κ1) is 15.9. The van der Waals surface area contributed by atoms with Crippen molar-refractivity contribution in [2.45, 2.75) is 44.3 Å². The summed E-state index contributed by atoms with van der Waals surface area (Å²) in [7, 11) is 0. The largest absolute Gasteiger partial charge is 0.329 e. The Kier molecular flexibility index (Phi) is 4.43. The maximum Gasteiger partial charge on any atom is 0.0369 e. The van der Waals surface area contributed by atoms with Gasteiger partial charge in [-0.2, -0.15) is 0 Å². The van der Waals surface area contributed by atoms with Gasteiger partial charge in [-0.3, -0.25) is 4.90 Å². The quantitative estimate of drug-likeness (QED) is 0.864. The van der Waals surface area contributed by atoms with Gasteiger partial charge in [0.25, 0.3) is 0 Å². The maximum atomic E-state index is 6.42. The number of rotatable bonds is 6. The second-order valence-corrected chi connectivity index (χ2v) is 7.72. The first-order valence-corrected chi connectivity index (χ1v) is 9.33. The third-order valence-electron chi connectivity index (χ3n) is 6.36. The van der Waals surface area contributed by atoms with Crippen molar-refractivity contribution in [3.8, 4) is 0 Å². The molecule has 2 aromatic carbocycles. The molecule has 2 N–H and O–H groups in total. The fraction of sp³-hybridized carbons (Fsp3) is 0.455. The Balaban J connectivity index is 1.64. The Bertz CT molecular complexity index is 613. The molecule has 2 aromatic rings. The van der Waals surface area contributed by atoms with Crippen molar-refractivity contribution < 1.29 is 0 Å². The van der Waals surface area contributed by atoms with Crippen molar-refractivity contribution in [1.82, 2.24) is 4.90 Å². The van der Waals surface area contributed by atoms with Gasteiger partial charge in [0.15, 0.2) is 0 Å². The average Bonchev–Trinajstić information content (AvgIpc) is 3.24. The first-order chi connectivity index (χ1) is 11.8. The average molecular weight is 320 g/mol. The van der Waals surface area contributed by atoms with Gasteiger partial charge < -0.3 is 5.73 Å². The predicted molar refractivity (Wildman–Crippen MR) is 99.4 cm³/mol. The summed E-state index contributed by atoms with van der Waals surface area (Å²) < 4.78 is 0. The van der Waals surface area contributed by atoms with Crippen LogP contribution >= 0.6 is 0 Å². The third kappa shape index (κ3) is 2.89. The van der Waals surface area contributed by atoms with Crippen LogP contribution in [0.5, 0.6) is 0 Å². The zero-order valence-electron chi connectivity index (χ0n) is 14.4. The van der Waals surface area contributed by atoms with Crippen LogP contribution in [0.25, 0.3) is 0 Å².